The monoisotopic (exact) mass is 250 g/mol. The Morgan fingerprint density at radius 2 is 2.11 bits per heavy atom. The molecule has 100 valence electrons. The lowest BCUT2D eigenvalue weighted by atomic mass is 9.89. The molecule has 1 saturated carbocycles. The molecule has 5 heteroatoms. The minimum absolute atomic E-state index is 0.386. The summed E-state index contributed by atoms with van der Waals surface area (Å²) in [5.74, 6) is 2.29. The molecule has 5 nitrogen and oxygen atoms in total. The van der Waals surface area contributed by atoms with Gasteiger partial charge in [0.05, 0.1) is 6.10 Å². The molecule has 0 spiro atoms. The van der Waals surface area contributed by atoms with Gasteiger partial charge in [0.15, 0.2) is 0 Å². The first-order valence-electron chi connectivity index (χ1n) is 6.56. The first-order valence-corrected chi connectivity index (χ1v) is 6.56. The normalized spacial score (nSPS) is 22.6. The summed E-state index contributed by atoms with van der Waals surface area (Å²) < 4.78 is 5.27. The largest absolute Gasteiger partial charge is 0.383 e. The van der Waals surface area contributed by atoms with Crippen molar-refractivity contribution in [1.29, 1.82) is 0 Å². The molecule has 1 aliphatic rings. The van der Waals surface area contributed by atoms with E-state index < -0.39 is 0 Å². The van der Waals surface area contributed by atoms with Crippen molar-refractivity contribution in [3.63, 3.8) is 0 Å². The van der Waals surface area contributed by atoms with Crippen molar-refractivity contribution in [1.82, 2.24) is 9.97 Å². The van der Waals surface area contributed by atoms with E-state index in [0.29, 0.717) is 18.0 Å². The number of nitrogens with one attached hydrogen (secondary N) is 1. The van der Waals surface area contributed by atoms with Gasteiger partial charge in [0.2, 0.25) is 0 Å². The van der Waals surface area contributed by atoms with Crippen LogP contribution < -0.4 is 11.1 Å². The molecule has 1 heterocycles. The quantitative estimate of drug-likeness (QED) is 0.835. The van der Waals surface area contributed by atoms with E-state index in [-0.39, 0.29) is 0 Å². The predicted octanol–water partition coefficient (Wildman–Crippen LogP) is 1.91. The Morgan fingerprint density at radius 1 is 1.39 bits per heavy atom. The first-order chi connectivity index (χ1) is 8.63. The van der Waals surface area contributed by atoms with Crippen molar-refractivity contribution in [2.75, 3.05) is 18.2 Å². The van der Waals surface area contributed by atoms with Gasteiger partial charge in [-0.05, 0) is 26.2 Å². The van der Waals surface area contributed by atoms with Crippen LogP contribution in [0, 0.1) is 6.92 Å². The van der Waals surface area contributed by atoms with E-state index in [1.54, 1.807) is 7.11 Å². The van der Waals surface area contributed by atoms with Crippen LogP contribution in [0.5, 0.6) is 0 Å². The van der Waals surface area contributed by atoms with Crippen molar-refractivity contribution in [2.45, 2.75) is 51.7 Å². The molecule has 0 radical (unpaired) electrons. The van der Waals surface area contributed by atoms with Crippen LogP contribution in [-0.2, 0) is 11.2 Å². The molecule has 0 bridgehead atoms. The number of methoxy groups -OCH3 is 1. The van der Waals surface area contributed by atoms with Crippen molar-refractivity contribution >= 4 is 11.6 Å². The Hall–Kier alpha value is -1.36. The lowest BCUT2D eigenvalue weighted by Gasteiger charge is -2.35. The number of nitrogens with zero attached hydrogens (tertiary/aromatic N) is 2. The molecule has 0 aromatic carbocycles. The van der Waals surface area contributed by atoms with E-state index in [0.717, 1.165) is 42.9 Å². The van der Waals surface area contributed by atoms with Gasteiger partial charge in [-0.15, -0.1) is 0 Å². The molecule has 1 aromatic heterocycles. The van der Waals surface area contributed by atoms with Gasteiger partial charge in [-0.25, -0.2) is 9.97 Å². The van der Waals surface area contributed by atoms with Gasteiger partial charge in [0.1, 0.15) is 17.5 Å². The Bertz CT molecular complexity index is 416. The number of aromatic nitrogens is 2. The number of nitrogen functional groups attached to an aromatic ring is 1. The number of hydrogen-bond donors (Lipinski definition) is 2. The van der Waals surface area contributed by atoms with Crippen molar-refractivity contribution < 1.29 is 4.74 Å². The number of rotatable bonds is 5. The smallest absolute Gasteiger partial charge is 0.134 e. The highest BCUT2D eigenvalue weighted by Crippen LogP contribution is 2.28. The Kier molecular flexibility index (Phi) is 4.01. The second kappa shape index (κ2) is 5.52. The molecule has 2 rings (SSSR count). The summed E-state index contributed by atoms with van der Waals surface area (Å²) in [6.07, 6.45) is 4.34. The maximum Gasteiger partial charge on any atom is 0.134 e. The molecule has 0 aliphatic heterocycles. The summed E-state index contributed by atoms with van der Waals surface area (Å²) in [6.45, 7) is 4.07. The summed E-state index contributed by atoms with van der Waals surface area (Å²) in [5, 5.41) is 3.44. The molecular weight excluding hydrogens is 228 g/mol. The molecule has 0 saturated heterocycles. The molecule has 1 aromatic rings. The molecule has 1 fully saturated rings. The van der Waals surface area contributed by atoms with Gasteiger partial charge in [-0.3, -0.25) is 0 Å². The minimum atomic E-state index is 0.386. The lowest BCUT2D eigenvalue weighted by molar-refractivity contribution is 0.0327. The van der Waals surface area contributed by atoms with Gasteiger partial charge in [-0.2, -0.15) is 0 Å². The van der Waals surface area contributed by atoms with Gasteiger partial charge in [0.25, 0.3) is 0 Å². The first kappa shape index (κ1) is 13.1. The number of aryl methyl sites for hydroxylation is 1. The van der Waals surface area contributed by atoms with Crippen LogP contribution in [0.3, 0.4) is 0 Å². The Morgan fingerprint density at radius 3 is 2.72 bits per heavy atom. The molecule has 3 N–H and O–H groups in total. The van der Waals surface area contributed by atoms with E-state index in [4.69, 9.17) is 10.5 Å². The van der Waals surface area contributed by atoms with Crippen LogP contribution in [0.4, 0.5) is 11.6 Å². The van der Waals surface area contributed by atoms with E-state index in [1.165, 1.54) is 0 Å². The summed E-state index contributed by atoms with van der Waals surface area (Å²) in [4.78, 5) is 8.86. The maximum atomic E-state index is 5.92. The fraction of sp³-hybridized carbons (Fsp3) is 0.692. The van der Waals surface area contributed by atoms with Crippen molar-refractivity contribution in [3.8, 4) is 0 Å². The highest BCUT2D eigenvalue weighted by Gasteiger charge is 2.29. The standard InChI is InChI=1S/C13H22N4O/c1-4-5-11-16-12(14)8(2)13(17-11)15-9-6-10(7-9)18-3/h9-10H,4-7H2,1-3H3,(H3,14,15,16,17). The van der Waals surface area contributed by atoms with Crippen LogP contribution in [0.2, 0.25) is 0 Å². The Balaban J connectivity index is 2.07. The molecule has 18 heavy (non-hydrogen) atoms. The summed E-state index contributed by atoms with van der Waals surface area (Å²) in [7, 11) is 1.76. The van der Waals surface area contributed by atoms with Crippen molar-refractivity contribution in [2.24, 2.45) is 0 Å². The Labute approximate surface area is 108 Å². The average molecular weight is 250 g/mol. The summed E-state index contributed by atoms with van der Waals surface area (Å²) in [6, 6.07) is 0.442. The minimum Gasteiger partial charge on any atom is -0.383 e. The third kappa shape index (κ3) is 2.72. The fourth-order valence-corrected chi connectivity index (χ4v) is 2.13. The van der Waals surface area contributed by atoms with Crippen LogP contribution in [0.15, 0.2) is 0 Å². The second-order valence-corrected chi connectivity index (χ2v) is 4.92. The zero-order valence-corrected chi connectivity index (χ0v) is 11.4. The van der Waals surface area contributed by atoms with Gasteiger partial charge in [0, 0.05) is 25.1 Å². The SMILES string of the molecule is CCCc1nc(N)c(C)c(NC2CC(OC)C2)n1. The lowest BCUT2D eigenvalue weighted by Crippen LogP contribution is -2.40. The zero-order valence-electron chi connectivity index (χ0n) is 11.4. The zero-order chi connectivity index (χ0) is 13.1. The topological polar surface area (TPSA) is 73.1 Å². The molecule has 0 atom stereocenters. The molecule has 0 amide bonds. The number of hydrogen-bond acceptors (Lipinski definition) is 5. The second-order valence-electron chi connectivity index (χ2n) is 4.92. The third-order valence-corrected chi connectivity index (χ3v) is 3.47. The van der Waals surface area contributed by atoms with Crippen molar-refractivity contribution in [3.05, 3.63) is 11.4 Å². The van der Waals surface area contributed by atoms with Crippen LogP contribution in [0.25, 0.3) is 0 Å². The van der Waals surface area contributed by atoms with Gasteiger partial charge >= 0.3 is 0 Å². The van der Waals surface area contributed by atoms with Crippen LogP contribution >= 0.6 is 0 Å². The van der Waals surface area contributed by atoms with Crippen LogP contribution in [-0.4, -0.2) is 29.2 Å². The molecular formula is C13H22N4O. The van der Waals surface area contributed by atoms with Gasteiger partial charge in [-0.1, -0.05) is 6.92 Å². The molecule has 1 aliphatic carbocycles. The summed E-state index contributed by atoms with van der Waals surface area (Å²) >= 11 is 0. The summed E-state index contributed by atoms with van der Waals surface area (Å²) in [5.41, 5.74) is 6.87. The predicted molar refractivity (Wildman–Crippen MR) is 72.6 cm³/mol. The van der Waals surface area contributed by atoms with E-state index in [1.807, 2.05) is 6.92 Å². The maximum absolute atomic E-state index is 5.92. The number of nitrogens with two attached hydrogens (primary N) is 1. The van der Waals surface area contributed by atoms with E-state index in [9.17, 15) is 0 Å². The molecule has 0 unspecified atom stereocenters. The van der Waals surface area contributed by atoms with E-state index >= 15 is 0 Å². The average Bonchev–Trinajstić information content (AvgIpc) is 2.29. The van der Waals surface area contributed by atoms with E-state index in [2.05, 4.69) is 22.2 Å². The van der Waals surface area contributed by atoms with Crippen LogP contribution in [0.1, 0.15) is 37.6 Å². The third-order valence-electron chi connectivity index (χ3n) is 3.47. The highest BCUT2D eigenvalue weighted by atomic mass is 16.5. The number of anilines is 2. The number of ether oxygens (including phenoxy) is 1. The highest BCUT2D eigenvalue weighted by molar-refractivity contribution is 5.55. The fourth-order valence-electron chi connectivity index (χ4n) is 2.13. The van der Waals surface area contributed by atoms with Gasteiger partial charge < -0.3 is 15.8 Å².